The number of fused-ring (bicyclic) bond motifs is 14. The van der Waals surface area contributed by atoms with Crippen LogP contribution in [-0.4, -0.2) is 73.3 Å². The van der Waals surface area contributed by atoms with Gasteiger partial charge in [0.15, 0.2) is 11.6 Å². The van der Waals surface area contributed by atoms with Crippen molar-refractivity contribution < 1.29 is 28.5 Å². The molecule has 0 aromatic heterocycles. The van der Waals surface area contributed by atoms with Crippen molar-refractivity contribution in [3.05, 3.63) is 0 Å². The third-order valence-corrected chi connectivity index (χ3v) is 28.0. The molecule has 14 fully saturated rings. The van der Waals surface area contributed by atoms with E-state index in [1.807, 2.05) is 0 Å². The maximum absolute atomic E-state index is 12.8. The standard InChI is InChI=1S/C34H56N2O3.C27H45NO2.C7H11NO/c1-21-12-17-34(38-20-21)22(2)30-29(39-34)19-28-26-11-10-23-18-25(36-31(37)35-24-8-6-5-7-9-24)13-15-32(23,3)27(26)14-16-33(28,30)4;1-16-7-12-27(29-15-16)17(2)24-23(30-27)14-22-20-6-5-18-13-19(28)8-10-25(18,3)21(20)9-11-26(22,24)4;9-6-8-7-4-2-1-3-5-7/h21-30H,5-20H2,1-4H3,(H2,35,36,37);16-24H,5-15,28H2,1-4H3;7H,1-5H2/t21-,22-,23+,25-,26+,27-,28-,29-,30-,32-,33-,34+;16-,17-,18+,19-,20+,21-,22-,23-,24-,25-,26-,27+;/m00./s1. The monoisotopic (exact) mass is 1080 g/mol. The maximum atomic E-state index is 12.8. The Morgan fingerprint density at radius 2 is 0.974 bits per heavy atom. The van der Waals surface area contributed by atoms with E-state index in [4.69, 9.17) is 24.7 Å². The number of amides is 2. The molecule has 4 aliphatic heterocycles. The third kappa shape index (κ3) is 9.90. The van der Waals surface area contributed by atoms with Crippen molar-refractivity contribution in [1.82, 2.24) is 10.6 Å². The van der Waals surface area contributed by atoms with E-state index < -0.39 is 0 Å². The first-order valence-electron chi connectivity index (χ1n) is 33.9. The van der Waals surface area contributed by atoms with Gasteiger partial charge in [0.2, 0.25) is 6.08 Å². The van der Waals surface area contributed by atoms with E-state index >= 15 is 0 Å². The fraction of sp³-hybridized carbons (Fsp3) is 0.971. The number of urea groups is 1. The Morgan fingerprint density at radius 3 is 1.47 bits per heavy atom. The molecule has 4 saturated heterocycles. The second-order valence-electron chi connectivity index (χ2n) is 31.8. The predicted octanol–water partition coefficient (Wildman–Crippen LogP) is 14.8. The summed E-state index contributed by atoms with van der Waals surface area (Å²) in [6.07, 6.45) is 40.6. The molecular weight excluding hydrogens is 969 g/mol. The Bertz CT molecular complexity index is 2140. The fourth-order valence-corrected chi connectivity index (χ4v) is 23.7. The van der Waals surface area contributed by atoms with Crippen molar-refractivity contribution >= 4 is 12.1 Å². The van der Waals surface area contributed by atoms with Gasteiger partial charge in [-0.15, -0.1) is 0 Å². The molecule has 440 valence electrons. The zero-order valence-corrected chi connectivity index (χ0v) is 50.6. The summed E-state index contributed by atoms with van der Waals surface area (Å²) in [6, 6.07) is 1.60. The minimum Gasteiger partial charge on any atom is -0.349 e. The van der Waals surface area contributed by atoms with Crippen LogP contribution in [0, 0.1) is 105 Å². The normalized spacial score (nSPS) is 53.1. The van der Waals surface area contributed by atoms with E-state index in [0.717, 1.165) is 106 Å². The molecule has 14 aliphatic rings. The van der Waals surface area contributed by atoms with Crippen molar-refractivity contribution in [3.8, 4) is 0 Å². The lowest BCUT2D eigenvalue weighted by Gasteiger charge is -2.61. The van der Waals surface area contributed by atoms with E-state index in [9.17, 15) is 9.59 Å². The van der Waals surface area contributed by atoms with Gasteiger partial charge in [-0.2, -0.15) is 0 Å². The number of isocyanates is 1. The Labute approximate surface area is 473 Å². The van der Waals surface area contributed by atoms with Gasteiger partial charge in [0.1, 0.15) is 0 Å². The second kappa shape index (κ2) is 22.1. The Balaban J connectivity index is 0.000000138. The average molecular weight is 1080 g/mol. The van der Waals surface area contributed by atoms with Gasteiger partial charge in [-0.05, 0) is 234 Å². The molecular formula is C68H112N4O6. The first kappa shape index (κ1) is 56.9. The van der Waals surface area contributed by atoms with Gasteiger partial charge in [-0.25, -0.2) is 14.6 Å². The van der Waals surface area contributed by atoms with Gasteiger partial charge < -0.3 is 35.3 Å². The lowest BCUT2D eigenvalue weighted by Crippen LogP contribution is -2.57. The molecule has 0 bridgehead atoms. The number of carbonyl (C=O) groups excluding carboxylic acids is 2. The van der Waals surface area contributed by atoms with E-state index in [1.165, 1.54) is 148 Å². The summed E-state index contributed by atoms with van der Waals surface area (Å²) in [6.45, 7) is 22.0. The van der Waals surface area contributed by atoms with Crippen LogP contribution in [-0.2, 0) is 23.7 Å². The third-order valence-electron chi connectivity index (χ3n) is 28.0. The molecule has 10 aliphatic carbocycles. The zero-order valence-electron chi connectivity index (χ0n) is 50.6. The van der Waals surface area contributed by atoms with Crippen molar-refractivity contribution in [2.24, 2.45) is 115 Å². The highest BCUT2D eigenvalue weighted by molar-refractivity contribution is 5.74. The maximum Gasteiger partial charge on any atom is 0.315 e. The van der Waals surface area contributed by atoms with Crippen LogP contribution in [0.3, 0.4) is 0 Å². The van der Waals surface area contributed by atoms with Crippen molar-refractivity contribution in [3.63, 3.8) is 0 Å². The number of carbonyl (C=O) groups is 1. The molecule has 14 rings (SSSR count). The van der Waals surface area contributed by atoms with Gasteiger partial charge in [-0.1, -0.05) is 93.9 Å². The molecule has 4 heterocycles. The number of rotatable bonds is 3. The molecule has 4 N–H and O–H groups in total. The molecule has 0 aromatic carbocycles. The number of nitrogens with two attached hydrogens (primary N) is 1. The predicted molar refractivity (Wildman–Crippen MR) is 309 cm³/mol. The topological polar surface area (TPSA) is 134 Å². The highest BCUT2D eigenvalue weighted by atomic mass is 16.7. The molecule has 10 saturated carbocycles. The highest BCUT2D eigenvalue weighted by Crippen LogP contribution is 2.73. The summed E-state index contributed by atoms with van der Waals surface area (Å²) in [5.74, 6) is 10.0. The molecule has 2 spiro atoms. The van der Waals surface area contributed by atoms with Crippen LogP contribution in [0.25, 0.3) is 0 Å². The van der Waals surface area contributed by atoms with Crippen LogP contribution in [0.5, 0.6) is 0 Å². The SMILES string of the molecule is C[C@H]1CC[C@@]2(OC1)O[C@H]1C[C@H]3[C@@H]4CC[C@@H]5C[C@@H](N)CC[C@]5(C)[C@H]4CC[C@]3(C)[C@H]1[C@@H]2C.C[C@H]1CC[C@@]2(OC1)O[C@H]1C[C@H]3[C@@H]4CC[C@@H]5C[C@@H](NC(=O)NC6CCCCC6)CC[C@]5(C)[C@H]4CC[C@]3(C)[C@H]1[C@@H]2C.O=C=NC1CCCCC1. The summed E-state index contributed by atoms with van der Waals surface area (Å²) in [5.41, 5.74) is 8.25. The van der Waals surface area contributed by atoms with Gasteiger partial charge in [-0.3, -0.25) is 0 Å². The fourth-order valence-electron chi connectivity index (χ4n) is 23.7. The number of nitrogens with one attached hydrogen (secondary N) is 2. The van der Waals surface area contributed by atoms with Crippen LogP contribution in [0.2, 0.25) is 0 Å². The van der Waals surface area contributed by atoms with Crippen LogP contribution in [0.1, 0.15) is 248 Å². The van der Waals surface area contributed by atoms with Crippen LogP contribution >= 0.6 is 0 Å². The second-order valence-corrected chi connectivity index (χ2v) is 31.8. The Kier molecular flexibility index (Phi) is 16.2. The molecule has 10 heteroatoms. The number of hydrogen-bond donors (Lipinski definition) is 3. The number of nitrogens with zero attached hydrogens (tertiary/aromatic N) is 1. The van der Waals surface area contributed by atoms with E-state index in [-0.39, 0.29) is 17.6 Å². The number of aliphatic imine (C=N–C) groups is 1. The van der Waals surface area contributed by atoms with Crippen LogP contribution in [0.4, 0.5) is 4.79 Å². The highest BCUT2D eigenvalue weighted by Gasteiger charge is 2.71. The van der Waals surface area contributed by atoms with Gasteiger partial charge in [0.05, 0.1) is 31.5 Å². The Hall–Kier alpha value is -1.55. The average Bonchev–Trinajstić information content (AvgIpc) is 3.94. The summed E-state index contributed by atoms with van der Waals surface area (Å²) < 4.78 is 26.9. The molecule has 0 aromatic rings. The van der Waals surface area contributed by atoms with E-state index in [1.54, 1.807) is 6.08 Å². The largest absolute Gasteiger partial charge is 0.349 e. The zero-order chi connectivity index (χ0) is 54.4. The molecule has 10 nitrogen and oxygen atoms in total. The smallest absolute Gasteiger partial charge is 0.315 e. The van der Waals surface area contributed by atoms with Crippen molar-refractivity contribution in [2.75, 3.05) is 13.2 Å². The summed E-state index contributed by atoms with van der Waals surface area (Å²) in [7, 11) is 0. The first-order chi connectivity index (χ1) is 37.4. The number of hydrogen-bond acceptors (Lipinski definition) is 8. The van der Waals surface area contributed by atoms with Crippen LogP contribution in [0.15, 0.2) is 4.99 Å². The van der Waals surface area contributed by atoms with Gasteiger partial charge >= 0.3 is 6.03 Å². The summed E-state index contributed by atoms with van der Waals surface area (Å²) >= 11 is 0. The Morgan fingerprint density at radius 1 is 0.500 bits per heavy atom. The quantitative estimate of drug-likeness (QED) is 0.189. The summed E-state index contributed by atoms with van der Waals surface area (Å²) in [4.78, 5) is 26.3. The van der Waals surface area contributed by atoms with Gasteiger partial charge in [0.25, 0.3) is 0 Å². The molecule has 0 radical (unpaired) electrons. The van der Waals surface area contributed by atoms with E-state index in [2.05, 4.69) is 71.0 Å². The minimum atomic E-state index is -0.301. The van der Waals surface area contributed by atoms with Crippen LogP contribution < -0.4 is 16.4 Å². The molecule has 78 heavy (non-hydrogen) atoms. The molecule has 24 atom stereocenters. The lowest BCUT2D eigenvalue weighted by atomic mass is 9.44. The first-order valence-corrected chi connectivity index (χ1v) is 33.9. The molecule has 0 unspecified atom stereocenters. The summed E-state index contributed by atoms with van der Waals surface area (Å²) in [5, 5.41) is 6.71. The molecule has 2 amide bonds. The lowest BCUT2D eigenvalue weighted by molar-refractivity contribution is -0.273. The van der Waals surface area contributed by atoms with Crippen molar-refractivity contribution in [1.29, 1.82) is 0 Å². The van der Waals surface area contributed by atoms with Gasteiger partial charge in [0, 0.05) is 42.8 Å². The number of ether oxygens (including phenoxy) is 4. The minimum absolute atomic E-state index is 0.0958. The van der Waals surface area contributed by atoms with Crippen molar-refractivity contribution in [2.45, 2.75) is 296 Å². The van der Waals surface area contributed by atoms with E-state index in [0.29, 0.717) is 93.5 Å².